The number of amides is 1. The normalized spacial score (nSPS) is 22.6. The summed E-state index contributed by atoms with van der Waals surface area (Å²) in [5, 5.41) is 4.17. The second-order valence-corrected chi connectivity index (χ2v) is 6.62. The van der Waals surface area contributed by atoms with Crippen LogP contribution in [0.15, 0.2) is 33.4 Å². The van der Waals surface area contributed by atoms with Crippen molar-refractivity contribution in [1.29, 1.82) is 0 Å². The number of hydrogen-bond acceptors (Lipinski definition) is 4. The zero-order chi connectivity index (χ0) is 15.6. The van der Waals surface area contributed by atoms with Gasteiger partial charge in [-0.05, 0) is 37.8 Å². The first-order valence-electron chi connectivity index (χ1n) is 8.64. The molecule has 0 aromatic carbocycles. The molecule has 1 aliphatic carbocycles. The molecule has 1 saturated heterocycles. The van der Waals surface area contributed by atoms with E-state index in [2.05, 4.69) is 5.16 Å². The van der Waals surface area contributed by atoms with Gasteiger partial charge in [-0.2, -0.15) is 0 Å². The van der Waals surface area contributed by atoms with E-state index < -0.39 is 0 Å². The third kappa shape index (κ3) is 2.80. The Kier molecular flexibility index (Phi) is 3.93. The molecule has 0 unspecified atom stereocenters. The molecule has 23 heavy (non-hydrogen) atoms. The van der Waals surface area contributed by atoms with E-state index in [1.807, 2.05) is 23.1 Å². The molecular weight excluding hydrogens is 292 g/mol. The maximum Gasteiger partial charge on any atom is 0.293 e. The summed E-state index contributed by atoms with van der Waals surface area (Å²) in [7, 11) is 0. The van der Waals surface area contributed by atoms with Gasteiger partial charge in [0.2, 0.25) is 5.76 Å². The lowest BCUT2D eigenvalue weighted by atomic mass is 9.87. The Hall–Kier alpha value is -2.04. The quantitative estimate of drug-likeness (QED) is 0.848. The molecule has 2 fully saturated rings. The van der Waals surface area contributed by atoms with Gasteiger partial charge >= 0.3 is 0 Å². The summed E-state index contributed by atoms with van der Waals surface area (Å²) >= 11 is 0. The topological polar surface area (TPSA) is 59.5 Å². The molecule has 3 heterocycles. The van der Waals surface area contributed by atoms with Crippen molar-refractivity contribution < 1.29 is 13.7 Å². The number of carbonyl (C=O) groups excluding carboxylic acids is 1. The molecule has 4 rings (SSSR count). The average Bonchev–Trinajstić information content (AvgIpc) is 3.34. The Labute approximate surface area is 135 Å². The zero-order valence-corrected chi connectivity index (χ0v) is 13.2. The van der Waals surface area contributed by atoms with Crippen molar-refractivity contribution in [2.45, 2.75) is 56.9 Å². The van der Waals surface area contributed by atoms with Crippen LogP contribution in [-0.4, -0.2) is 22.5 Å². The van der Waals surface area contributed by atoms with Crippen LogP contribution in [0.1, 0.15) is 78.9 Å². The smallest absolute Gasteiger partial charge is 0.293 e. The molecule has 0 spiro atoms. The minimum absolute atomic E-state index is 0.0146. The summed E-state index contributed by atoms with van der Waals surface area (Å²) in [6, 6.07) is 5.67. The van der Waals surface area contributed by atoms with Gasteiger partial charge in [0.15, 0.2) is 0 Å². The SMILES string of the molecule is O=C(c1cc(C2CCCCC2)no1)N1CCC[C@H]1c1ccco1. The highest BCUT2D eigenvalue weighted by molar-refractivity contribution is 5.92. The van der Waals surface area contributed by atoms with Crippen molar-refractivity contribution in [2.75, 3.05) is 6.54 Å². The van der Waals surface area contributed by atoms with E-state index in [0.717, 1.165) is 43.7 Å². The van der Waals surface area contributed by atoms with Crippen molar-refractivity contribution in [3.8, 4) is 0 Å². The Bertz CT molecular complexity index is 656. The van der Waals surface area contributed by atoms with Gasteiger partial charge < -0.3 is 13.8 Å². The van der Waals surface area contributed by atoms with E-state index in [-0.39, 0.29) is 11.9 Å². The first-order valence-corrected chi connectivity index (χ1v) is 8.64. The van der Waals surface area contributed by atoms with Gasteiger partial charge in [0.1, 0.15) is 5.76 Å². The van der Waals surface area contributed by atoms with Crippen LogP contribution in [0.3, 0.4) is 0 Å². The average molecular weight is 314 g/mol. The number of hydrogen-bond donors (Lipinski definition) is 0. The Morgan fingerprint density at radius 3 is 2.83 bits per heavy atom. The van der Waals surface area contributed by atoms with Gasteiger partial charge in [0.05, 0.1) is 18.0 Å². The number of likely N-dealkylation sites (tertiary alicyclic amines) is 1. The van der Waals surface area contributed by atoms with E-state index in [1.165, 1.54) is 19.3 Å². The second-order valence-electron chi connectivity index (χ2n) is 6.62. The summed E-state index contributed by atoms with van der Waals surface area (Å²) in [5.41, 5.74) is 0.946. The van der Waals surface area contributed by atoms with E-state index in [1.54, 1.807) is 6.26 Å². The molecular formula is C18H22N2O3. The lowest BCUT2D eigenvalue weighted by molar-refractivity contribution is 0.0677. The second kappa shape index (κ2) is 6.22. The number of aromatic nitrogens is 1. The molecule has 0 bridgehead atoms. The first kappa shape index (κ1) is 14.5. The molecule has 1 atom stereocenters. The molecule has 2 aromatic heterocycles. The fraction of sp³-hybridized carbons (Fsp3) is 0.556. The highest BCUT2D eigenvalue weighted by Gasteiger charge is 2.34. The van der Waals surface area contributed by atoms with E-state index in [4.69, 9.17) is 8.94 Å². The summed E-state index contributed by atoms with van der Waals surface area (Å²) in [6.07, 6.45) is 9.67. The lowest BCUT2D eigenvalue weighted by Crippen LogP contribution is -2.30. The molecule has 1 amide bonds. The highest BCUT2D eigenvalue weighted by atomic mass is 16.5. The zero-order valence-electron chi connectivity index (χ0n) is 13.2. The summed E-state index contributed by atoms with van der Waals surface area (Å²) in [4.78, 5) is 14.7. The summed E-state index contributed by atoms with van der Waals surface area (Å²) < 4.78 is 10.9. The molecule has 0 N–H and O–H groups in total. The molecule has 5 heteroatoms. The van der Waals surface area contributed by atoms with Crippen LogP contribution in [-0.2, 0) is 0 Å². The third-order valence-electron chi connectivity index (χ3n) is 5.15. The van der Waals surface area contributed by atoms with Gasteiger partial charge in [0.25, 0.3) is 5.91 Å². The number of rotatable bonds is 3. The Morgan fingerprint density at radius 2 is 2.04 bits per heavy atom. The van der Waals surface area contributed by atoms with E-state index >= 15 is 0 Å². The molecule has 2 aliphatic rings. The van der Waals surface area contributed by atoms with Gasteiger partial charge in [-0.15, -0.1) is 0 Å². The lowest BCUT2D eigenvalue weighted by Gasteiger charge is -2.21. The number of nitrogens with zero attached hydrogens (tertiary/aromatic N) is 2. The monoisotopic (exact) mass is 314 g/mol. The Balaban J connectivity index is 1.51. The van der Waals surface area contributed by atoms with Crippen LogP contribution in [0, 0.1) is 0 Å². The molecule has 5 nitrogen and oxygen atoms in total. The van der Waals surface area contributed by atoms with Crippen LogP contribution in [0.5, 0.6) is 0 Å². The minimum Gasteiger partial charge on any atom is -0.467 e. The maximum atomic E-state index is 12.8. The van der Waals surface area contributed by atoms with Crippen molar-refractivity contribution in [2.24, 2.45) is 0 Å². The van der Waals surface area contributed by atoms with Crippen molar-refractivity contribution in [3.05, 3.63) is 41.7 Å². The molecule has 2 aromatic rings. The first-order chi connectivity index (χ1) is 11.3. The Morgan fingerprint density at radius 1 is 1.17 bits per heavy atom. The fourth-order valence-electron chi connectivity index (χ4n) is 3.91. The van der Waals surface area contributed by atoms with Crippen molar-refractivity contribution in [1.82, 2.24) is 10.1 Å². The standard InChI is InChI=1S/C18H22N2O3/c21-18(20-10-4-8-15(20)16-9-5-11-22-16)17-12-14(19-23-17)13-6-2-1-3-7-13/h5,9,11-13,15H,1-4,6-8,10H2/t15-/m0/s1. The van der Waals surface area contributed by atoms with Gasteiger partial charge in [-0.25, -0.2) is 0 Å². The van der Waals surface area contributed by atoms with Crippen LogP contribution in [0.4, 0.5) is 0 Å². The van der Waals surface area contributed by atoms with Gasteiger partial charge in [-0.3, -0.25) is 4.79 Å². The van der Waals surface area contributed by atoms with Crippen LogP contribution >= 0.6 is 0 Å². The largest absolute Gasteiger partial charge is 0.467 e. The van der Waals surface area contributed by atoms with E-state index in [0.29, 0.717) is 11.7 Å². The summed E-state index contributed by atoms with van der Waals surface area (Å²) in [6.45, 7) is 0.740. The molecule has 0 radical (unpaired) electrons. The fourth-order valence-corrected chi connectivity index (χ4v) is 3.91. The number of furan rings is 1. The van der Waals surface area contributed by atoms with Crippen LogP contribution < -0.4 is 0 Å². The third-order valence-corrected chi connectivity index (χ3v) is 5.15. The number of carbonyl (C=O) groups is 1. The van der Waals surface area contributed by atoms with E-state index in [9.17, 15) is 4.79 Å². The van der Waals surface area contributed by atoms with Gasteiger partial charge in [0, 0.05) is 18.5 Å². The predicted molar refractivity (Wildman–Crippen MR) is 84.0 cm³/mol. The molecule has 1 saturated carbocycles. The minimum atomic E-state index is -0.0709. The van der Waals surface area contributed by atoms with Crippen LogP contribution in [0.2, 0.25) is 0 Å². The van der Waals surface area contributed by atoms with Crippen molar-refractivity contribution >= 4 is 5.91 Å². The molecule has 1 aliphatic heterocycles. The van der Waals surface area contributed by atoms with Crippen molar-refractivity contribution in [3.63, 3.8) is 0 Å². The van der Waals surface area contributed by atoms with Gasteiger partial charge in [-0.1, -0.05) is 24.4 Å². The highest BCUT2D eigenvalue weighted by Crippen LogP contribution is 2.35. The molecule has 122 valence electrons. The predicted octanol–water partition coefficient (Wildman–Crippen LogP) is 4.29. The maximum absolute atomic E-state index is 12.8. The van der Waals surface area contributed by atoms with Crippen LogP contribution in [0.25, 0.3) is 0 Å². The summed E-state index contributed by atoms with van der Waals surface area (Å²) in [5.74, 6) is 1.60.